The minimum absolute atomic E-state index is 0.537. The molecule has 0 bridgehead atoms. The Hall–Kier alpha value is -0.950. The molecule has 0 atom stereocenters. The monoisotopic (exact) mass is 253 g/mol. The van der Waals surface area contributed by atoms with E-state index >= 15 is 0 Å². The lowest BCUT2D eigenvalue weighted by Crippen LogP contribution is -1.98. The molecule has 1 fully saturated rings. The van der Waals surface area contributed by atoms with Crippen molar-refractivity contribution in [2.75, 3.05) is 0 Å². The van der Waals surface area contributed by atoms with Crippen LogP contribution in [0, 0.1) is 6.92 Å². The second kappa shape index (κ2) is 4.14. The minimum Gasteiger partial charge on any atom is -0.246 e. The summed E-state index contributed by atoms with van der Waals surface area (Å²) in [6.45, 7) is 2.02. The first kappa shape index (κ1) is 10.2. The molecule has 0 radical (unpaired) electrons. The number of rotatable bonds is 4. The molecule has 84 valence electrons. The third kappa shape index (κ3) is 2.10. The molecule has 0 unspecified atom stereocenters. The normalized spacial score (nSPS) is 15.6. The highest BCUT2D eigenvalue weighted by molar-refractivity contribution is 7.98. The lowest BCUT2D eigenvalue weighted by atomic mass is 10.6. The van der Waals surface area contributed by atoms with Crippen LogP contribution in [-0.2, 0) is 5.75 Å². The maximum atomic E-state index is 4.42. The first-order valence-electron chi connectivity index (χ1n) is 5.14. The Labute approximate surface area is 101 Å². The molecular formula is C9H11N5S2. The van der Waals surface area contributed by atoms with Crippen LogP contribution in [0.2, 0.25) is 0 Å². The molecule has 0 N–H and O–H groups in total. The van der Waals surface area contributed by atoms with Crippen molar-refractivity contribution in [3.63, 3.8) is 0 Å². The molecule has 3 rings (SSSR count). The summed E-state index contributed by atoms with van der Waals surface area (Å²) in [6, 6.07) is 0.537. The molecular weight excluding hydrogens is 242 g/mol. The summed E-state index contributed by atoms with van der Waals surface area (Å²) in [5.74, 6) is 0.845. The summed E-state index contributed by atoms with van der Waals surface area (Å²) >= 11 is 3.34. The largest absolute Gasteiger partial charge is 0.246 e. The van der Waals surface area contributed by atoms with Gasteiger partial charge in [-0.15, -0.1) is 16.4 Å². The Bertz CT molecular complexity index is 488. The molecule has 7 heteroatoms. The van der Waals surface area contributed by atoms with Crippen molar-refractivity contribution in [3.05, 3.63) is 16.1 Å². The fourth-order valence-corrected chi connectivity index (χ4v) is 3.00. The molecule has 0 aliphatic heterocycles. The minimum atomic E-state index is 0.537. The van der Waals surface area contributed by atoms with Crippen molar-refractivity contribution in [1.82, 2.24) is 25.2 Å². The van der Waals surface area contributed by atoms with Gasteiger partial charge in [0.1, 0.15) is 0 Å². The Morgan fingerprint density at radius 1 is 1.56 bits per heavy atom. The molecule has 0 amide bonds. The Balaban J connectivity index is 1.67. The predicted octanol–water partition coefficient (Wildman–Crippen LogP) is 2.07. The number of thioether (sulfide) groups is 1. The fourth-order valence-electron chi connectivity index (χ4n) is 1.44. The topological polar surface area (TPSA) is 56.5 Å². The molecule has 2 heterocycles. The van der Waals surface area contributed by atoms with Crippen LogP contribution in [0.5, 0.6) is 0 Å². The molecule has 1 aliphatic rings. The van der Waals surface area contributed by atoms with Gasteiger partial charge in [-0.2, -0.15) is 0 Å². The molecule has 1 saturated carbocycles. The number of hydrogen-bond donors (Lipinski definition) is 0. The maximum Gasteiger partial charge on any atom is 0.209 e. The molecule has 5 nitrogen and oxygen atoms in total. The summed E-state index contributed by atoms with van der Waals surface area (Å²) in [5, 5.41) is 15.9. The highest BCUT2D eigenvalue weighted by Crippen LogP contribution is 2.36. The van der Waals surface area contributed by atoms with Crippen LogP contribution in [0.25, 0.3) is 0 Å². The third-order valence-electron chi connectivity index (χ3n) is 2.37. The van der Waals surface area contributed by atoms with Crippen LogP contribution in [0.4, 0.5) is 0 Å². The molecule has 0 saturated heterocycles. The zero-order valence-electron chi connectivity index (χ0n) is 8.83. The van der Waals surface area contributed by atoms with E-state index in [1.165, 1.54) is 12.8 Å². The van der Waals surface area contributed by atoms with Gasteiger partial charge in [0, 0.05) is 11.1 Å². The van der Waals surface area contributed by atoms with E-state index < -0.39 is 0 Å². The highest BCUT2D eigenvalue weighted by atomic mass is 32.2. The van der Waals surface area contributed by atoms with Crippen LogP contribution >= 0.6 is 23.1 Å². The van der Waals surface area contributed by atoms with E-state index in [9.17, 15) is 0 Å². The number of aryl methyl sites for hydroxylation is 1. The van der Waals surface area contributed by atoms with Gasteiger partial charge >= 0.3 is 0 Å². The predicted molar refractivity (Wildman–Crippen MR) is 62.5 cm³/mol. The summed E-state index contributed by atoms with van der Waals surface area (Å²) in [7, 11) is 0. The van der Waals surface area contributed by atoms with Crippen molar-refractivity contribution in [1.29, 1.82) is 0 Å². The summed E-state index contributed by atoms with van der Waals surface area (Å²) in [6.07, 6.45) is 2.41. The number of tetrazole rings is 1. The molecule has 0 aromatic carbocycles. The first-order valence-corrected chi connectivity index (χ1v) is 7.01. The Morgan fingerprint density at radius 2 is 2.44 bits per heavy atom. The SMILES string of the molecule is Cc1nc(CSc2nnnn2C2CC2)cs1. The van der Waals surface area contributed by atoms with Gasteiger partial charge in [-0.05, 0) is 30.2 Å². The van der Waals surface area contributed by atoms with Crippen LogP contribution in [0.1, 0.15) is 29.6 Å². The van der Waals surface area contributed by atoms with E-state index in [0.717, 1.165) is 21.6 Å². The van der Waals surface area contributed by atoms with Gasteiger partial charge in [-0.25, -0.2) is 9.67 Å². The second-order valence-corrected chi connectivity index (χ2v) is 5.79. The summed E-state index contributed by atoms with van der Waals surface area (Å²) < 4.78 is 1.93. The average Bonchev–Trinajstić information content (AvgIpc) is 2.86. The Morgan fingerprint density at radius 3 is 3.12 bits per heavy atom. The van der Waals surface area contributed by atoms with Crippen molar-refractivity contribution in [3.8, 4) is 0 Å². The summed E-state index contributed by atoms with van der Waals surface area (Å²) in [4.78, 5) is 4.42. The van der Waals surface area contributed by atoms with E-state index in [4.69, 9.17) is 0 Å². The zero-order valence-corrected chi connectivity index (χ0v) is 10.5. The van der Waals surface area contributed by atoms with E-state index in [1.54, 1.807) is 23.1 Å². The smallest absolute Gasteiger partial charge is 0.209 e. The molecule has 16 heavy (non-hydrogen) atoms. The van der Waals surface area contributed by atoms with Gasteiger partial charge in [0.15, 0.2) is 0 Å². The van der Waals surface area contributed by atoms with Crippen molar-refractivity contribution in [2.24, 2.45) is 0 Å². The molecule has 1 aliphatic carbocycles. The van der Waals surface area contributed by atoms with Crippen LogP contribution in [0.3, 0.4) is 0 Å². The number of hydrogen-bond acceptors (Lipinski definition) is 6. The number of nitrogens with zero attached hydrogens (tertiary/aromatic N) is 5. The van der Waals surface area contributed by atoms with Crippen molar-refractivity contribution < 1.29 is 0 Å². The zero-order chi connectivity index (χ0) is 11.0. The molecule has 2 aromatic heterocycles. The highest BCUT2D eigenvalue weighted by Gasteiger charge is 2.27. The van der Waals surface area contributed by atoms with E-state index in [1.807, 2.05) is 11.6 Å². The number of thiazole rings is 1. The van der Waals surface area contributed by atoms with E-state index in [0.29, 0.717) is 6.04 Å². The van der Waals surface area contributed by atoms with Crippen LogP contribution in [0.15, 0.2) is 10.5 Å². The van der Waals surface area contributed by atoms with Gasteiger partial charge in [-0.3, -0.25) is 0 Å². The standard InChI is InChI=1S/C9H11N5S2/c1-6-10-7(4-15-6)5-16-9-11-12-13-14(9)8-2-3-8/h4,8H,2-3,5H2,1H3. The third-order valence-corrected chi connectivity index (χ3v) is 4.16. The first-order chi connectivity index (χ1) is 7.83. The molecule has 2 aromatic rings. The van der Waals surface area contributed by atoms with Crippen LogP contribution in [-0.4, -0.2) is 25.2 Å². The number of aromatic nitrogens is 5. The van der Waals surface area contributed by atoms with Gasteiger partial charge in [-0.1, -0.05) is 11.8 Å². The lowest BCUT2D eigenvalue weighted by molar-refractivity contribution is 0.565. The summed E-state index contributed by atoms with van der Waals surface area (Å²) in [5.41, 5.74) is 1.11. The van der Waals surface area contributed by atoms with Gasteiger partial charge in [0.25, 0.3) is 0 Å². The second-order valence-electron chi connectivity index (χ2n) is 3.78. The van der Waals surface area contributed by atoms with Gasteiger partial charge in [0.2, 0.25) is 5.16 Å². The Kier molecular flexibility index (Phi) is 2.64. The van der Waals surface area contributed by atoms with Crippen LogP contribution < -0.4 is 0 Å². The quantitative estimate of drug-likeness (QED) is 0.781. The van der Waals surface area contributed by atoms with Gasteiger partial charge in [0.05, 0.1) is 16.7 Å². The van der Waals surface area contributed by atoms with E-state index in [2.05, 4.69) is 25.9 Å². The molecule has 0 spiro atoms. The lowest BCUT2D eigenvalue weighted by Gasteiger charge is -1.99. The van der Waals surface area contributed by atoms with Crippen molar-refractivity contribution >= 4 is 23.1 Å². The maximum absolute atomic E-state index is 4.42. The average molecular weight is 253 g/mol. The van der Waals surface area contributed by atoms with E-state index in [-0.39, 0.29) is 0 Å². The fraction of sp³-hybridized carbons (Fsp3) is 0.556. The van der Waals surface area contributed by atoms with Gasteiger partial charge < -0.3 is 0 Å². The van der Waals surface area contributed by atoms with Crippen molar-refractivity contribution in [2.45, 2.75) is 36.7 Å².